The van der Waals surface area contributed by atoms with E-state index in [9.17, 15) is 0 Å². The normalized spacial score (nSPS) is 23.8. The summed E-state index contributed by atoms with van der Waals surface area (Å²) in [4.78, 5) is 7.39. The van der Waals surface area contributed by atoms with E-state index >= 15 is 0 Å². The van der Waals surface area contributed by atoms with Crippen molar-refractivity contribution in [1.29, 1.82) is 0 Å². The van der Waals surface area contributed by atoms with Crippen molar-refractivity contribution >= 4 is 0 Å². The third-order valence-corrected chi connectivity index (χ3v) is 4.94. The number of likely N-dealkylation sites (tertiary alicyclic amines) is 1. The summed E-state index contributed by atoms with van der Waals surface area (Å²) in [5.74, 6) is 1.20. The first-order valence-electron chi connectivity index (χ1n) is 8.25. The van der Waals surface area contributed by atoms with Gasteiger partial charge in [0, 0.05) is 44.3 Å². The Labute approximate surface area is 122 Å². The molecule has 0 bridgehead atoms. The molecule has 0 aliphatic carbocycles. The van der Waals surface area contributed by atoms with Gasteiger partial charge in [0.15, 0.2) is 0 Å². The highest BCUT2D eigenvalue weighted by Crippen LogP contribution is 2.18. The first-order chi connectivity index (χ1) is 9.75. The summed E-state index contributed by atoms with van der Waals surface area (Å²) in [7, 11) is 0. The van der Waals surface area contributed by atoms with Gasteiger partial charge in [-0.25, -0.2) is 4.98 Å². The number of hydrogen-bond acceptors (Lipinski definition) is 3. The van der Waals surface area contributed by atoms with Crippen LogP contribution in [0.15, 0.2) is 0 Å². The van der Waals surface area contributed by atoms with Crippen LogP contribution in [-0.4, -0.2) is 40.1 Å². The van der Waals surface area contributed by atoms with E-state index < -0.39 is 0 Å². The molecule has 2 aliphatic heterocycles. The fraction of sp³-hybridized carbons (Fsp3) is 0.812. The fourth-order valence-corrected chi connectivity index (χ4v) is 3.72. The van der Waals surface area contributed by atoms with Crippen LogP contribution in [0.3, 0.4) is 0 Å². The molecule has 1 atom stereocenters. The number of fused-ring (bicyclic) bond motifs is 1. The van der Waals surface area contributed by atoms with E-state index in [1.54, 1.807) is 0 Å². The summed E-state index contributed by atoms with van der Waals surface area (Å²) in [6, 6.07) is 0.783. The number of aryl methyl sites for hydroxylation is 1. The first kappa shape index (κ1) is 14.1. The van der Waals surface area contributed by atoms with Crippen molar-refractivity contribution in [2.75, 3.05) is 19.6 Å². The monoisotopic (exact) mass is 276 g/mol. The highest BCUT2D eigenvalue weighted by Gasteiger charge is 2.19. The van der Waals surface area contributed by atoms with Crippen LogP contribution < -0.4 is 5.32 Å². The Morgan fingerprint density at radius 3 is 3.05 bits per heavy atom. The van der Waals surface area contributed by atoms with E-state index in [1.165, 1.54) is 56.0 Å². The van der Waals surface area contributed by atoms with Gasteiger partial charge in [0.2, 0.25) is 0 Å². The average Bonchev–Trinajstić information content (AvgIpc) is 2.77. The van der Waals surface area contributed by atoms with Gasteiger partial charge in [0.25, 0.3) is 0 Å². The van der Waals surface area contributed by atoms with Crippen molar-refractivity contribution in [3.63, 3.8) is 0 Å². The number of rotatable bonds is 4. The average molecular weight is 276 g/mol. The quantitative estimate of drug-likeness (QED) is 0.914. The van der Waals surface area contributed by atoms with Crippen LogP contribution in [0, 0.1) is 6.92 Å². The van der Waals surface area contributed by atoms with Gasteiger partial charge >= 0.3 is 0 Å². The maximum atomic E-state index is 4.72. The van der Waals surface area contributed by atoms with Crippen molar-refractivity contribution in [3.8, 4) is 0 Å². The van der Waals surface area contributed by atoms with Crippen LogP contribution in [0.2, 0.25) is 0 Å². The van der Waals surface area contributed by atoms with Gasteiger partial charge in [-0.1, -0.05) is 6.42 Å². The predicted octanol–water partition coefficient (Wildman–Crippen LogP) is 2.10. The van der Waals surface area contributed by atoms with E-state index in [0.717, 1.165) is 32.1 Å². The Hall–Kier alpha value is -0.870. The molecule has 1 N–H and O–H groups in total. The van der Waals surface area contributed by atoms with Crippen LogP contribution >= 0.6 is 0 Å². The molecule has 0 aromatic carbocycles. The lowest BCUT2D eigenvalue weighted by Crippen LogP contribution is -2.38. The molecule has 4 nitrogen and oxygen atoms in total. The Balaban J connectivity index is 1.57. The Morgan fingerprint density at radius 1 is 1.30 bits per heavy atom. The number of nitrogens with zero attached hydrogens (tertiary/aromatic N) is 3. The van der Waals surface area contributed by atoms with Gasteiger partial charge in [-0.3, -0.25) is 0 Å². The minimum atomic E-state index is 0.783. The first-order valence-corrected chi connectivity index (χ1v) is 8.25. The molecular formula is C16H28N4. The highest BCUT2D eigenvalue weighted by molar-refractivity contribution is 5.19. The minimum absolute atomic E-state index is 0.783. The van der Waals surface area contributed by atoms with E-state index in [2.05, 4.69) is 28.6 Å². The smallest absolute Gasteiger partial charge is 0.106 e. The molecule has 1 saturated heterocycles. The van der Waals surface area contributed by atoms with Gasteiger partial charge in [-0.05, 0) is 39.7 Å². The molecule has 0 saturated carbocycles. The molecule has 112 valence electrons. The molecule has 2 aliphatic rings. The van der Waals surface area contributed by atoms with Crippen LogP contribution in [0.25, 0.3) is 0 Å². The molecule has 0 amide bonds. The molecule has 1 unspecified atom stereocenters. The molecule has 20 heavy (non-hydrogen) atoms. The second-order valence-electron chi connectivity index (χ2n) is 6.37. The van der Waals surface area contributed by atoms with E-state index in [0.29, 0.717) is 0 Å². The van der Waals surface area contributed by atoms with Gasteiger partial charge < -0.3 is 14.8 Å². The standard InChI is InChI=1S/C16H28N4/c1-13-6-3-4-9-19(13)10-5-11-20-14(2)18-15-12-17-8-7-16(15)20/h13,17H,3-12H2,1-2H3. The summed E-state index contributed by atoms with van der Waals surface area (Å²) in [6.07, 6.45) is 6.57. The van der Waals surface area contributed by atoms with Crippen molar-refractivity contribution in [2.24, 2.45) is 0 Å². The number of aromatic nitrogens is 2. The summed E-state index contributed by atoms with van der Waals surface area (Å²) < 4.78 is 2.46. The second kappa shape index (κ2) is 6.27. The Kier molecular flexibility index (Phi) is 4.41. The summed E-state index contributed by atoms with van der Waals surface area (Å²) in [5, 5.41) is 3.41. The maximum absolute atomic E-state index is 4.72. The zero-order valence-corrected chi connectivity index (χ0v) is 13.0. The number of hydrogen-bond donors (Lipinski definition) is 1. The third-order valence-electron chi connectivity index (χ3n) is 4.94. The minimum Gasteiger partial charge on any atom is -0.332 e. The zero-order chi connectivity index (χ0) is 13.9. The lowest BCUT2D eigenvalue weighted by Gasteiger charge is -2.33. The Morgan fingerprint density at radius 2 is 2.20 bits per heavy atom. The molecular weight excluding hydrogens is 248 g/mol. The molecule has 0 spiro atoms. The summed E-state index contributed by atoms with van der Waals surface area (Å²) in [6.45, 7) is 10.3. The molecule has 1 fully saturated rings. The van der Waals surface area contributed by atoms with E-state index in [1.807, 2.05) is 0 Å². The van der Waals surface area contributed by atoms with E-state index in [4.69, 9.17) is 4.98 Å². The summed E-state index contributed by atoms with van der Waals surface area (Å²) >= 11 is 0. The number of imidazole rings is 1. The van der Waals surface area contributed by atoms with Crippen LogP contribution in [0.5, 0.6) is 0 Å². The molecule has 3 rings (SSSR count). The molecule has 3 heterocycles. The van der Waals surface area contributed by atoms with Crippen molar-refractivity contribution in [1.82, 2.24) is 19.8 Å². The van der Waals surface area contributed by atoms with Gasteiger partial charge in [0.05, 0.1) is 5.69 Å². The van der Waals surface area contributed by atoms with Crippen LogP contribution in [0.1, 0.15) is 49.8 Å². The number of nitrogens with one attached hydrogen (secondary N) is 1. The van der Waals surface area contributed by atoms with Crippen molar-refractivity contribution < 1.29 is 0 Å². The molecule has 4 heteroatoms. The Bertz CT molecular complexity index is 452. The lowest BCUT2D eigenvalue weighted by molar-refractivity contribution is 0.156. The largest absolute Gasteiger partial charge is 0.332 e. The lowest BCUT2D eigenvalue weighted by atomic mass is 10.0. The topological polar surface area (TPSA) is 33.1 Å². The van der Waals surface area contributed by atoms with E-state index in [-0.39, 0.29) is 0 Å². The zero-order valence-electron chi connectivity index (χ0n) is 13.0. The summed E-state index contributed by atoms with van der Waals surface area (Å²) in [5.41, 5.74) is 2.76. The maximum Gasteiger partial charge on any atom is 0.106 e. The number of piperidine rings is 1. The van der Waals surface area contributed by atoms with Gasteiger partial charge in [0.1, 0.15) is 5.82 Å². The molecule has 1 aromatic rings. The van der Waals surface area contributed by atoms with Gasteiger partial charge in [-0.2, -0.15) is 0 Å². The molecule has 1 aromatic heterocycles. The van der Waals surface area contributed by atoms with Crippen molar-refractivity contribution in [3.05, 3.63) is 17.2 Å². The predicted molar refractivity (Wildman–Crippen MR) is 81.9 cm³/mol. The van der Waals surface area contributed by atoms with Crippen LogP contribution in [-0.2, 0) is 19.5 Å². The molecule has 0 radical (unpaired) electrons. The fourth-order valence-electron chi connectivity index (χ4n) is 3.72. The second-order valence-corrected chi connectivity index (χ2v) is 6.37. The SMILES string of the molecule is Cc1nc2c(n1CCCN1CCCCC1C)CCNC2. The van der Waals surface area contributed by atoms with Gasteiger partial charge in [-0.15, -0.1) is 0 Å². The van der Waals surface area contributed by atoms with Crippen LogP contribution in [0.4, 0.5) is 0 Å². The van der Waals surface area contributed by atoms with Crippen molar-refractivity contribution in [2.45, 2.75) is 65.1 Å². The highest BCUT2D eigenvalue weighted by atomic mass is 15.2. The third kappa shape index (κ3) is 2.91.